The molecule has 0 spiro atoms. The van der Waals surface area contributed by atoms with Crippen molar-refractivity contribution in [2.24, 2.45) is 0 Å². The largest absolute Gasteiger partial charge is 0.478 e. The van der Waals surface area contributed by atoms with Gasteiger partial charge in [-0.1, -0.05) is 30.7 Å². The van der Waals surface area contributed by atoms with Crippen molar-refractivity contribution in [1.82, 2.24) is 9.97 Å². The first-order chi connectivity index (χ1) is 10.6. The number of carbonyl (C=O) groups is 1. The van der Waals surface area contributed by atoms with Crippen molar-refractivity contribution in [2.75, 3.05) is 18.2 Å². The van der Waals surface area contributed by atoms with Crippen LogP contribution in [0.15, 0.2) is 30.5 Å². The van der Waals surface area contributed by atoms with E-state index in [1.807, 2.05) is 6.92 Å². The second-order valence-electron chi connectivity index (χ2n) is 4.65. The number of aliphatic hydroxyl groups is 1. The van der Waals surface area contributed by atoms with Crippen molar-refractivity contribution < 1.29 is 15.0 Å². The Labute approximate surface area is 133 Å². The number of halogens is 1. The number of hydrogen-bond donors (Lipinski definition) is 2. The van der Waals surface area contributed by atoms with E-state index in [9.17, 15) is 9.90 Å². The fourth-order valence-corrected chi connectivity index (χ4v) is 2.19. The van der Waals surface area contributed by atoms with Crippen molar-refractivity contribution in [2.45, 2.75) is 13.3 Å². The lowest BCUT2D eigenvalue weighted by Crippen LogP contribution is -2.27. The smallest absolute Gasteiger partial charge is 0.335 e. The molecule has 2 N–H and O–H groups in total. The molecule has 0 fully saturated rings. The number of aromatic carboxylic acids is 1. The summed E-state index contributed by atoms with van der Waals surface area (Å²) < 4.78 is 0. The Balaban J connectivity index is 2.39. The quantitative estimate of drug-likeness (QED) is 0.795. The number of aromatic nitrogens is 2. The van der Waals surface area contributed by atoms with E-state index in [4.69, 9.17) is 16.7 Å². The summed E-state index contributed by atoms with van der Waals surface area (Å²) in [5, 5.41) is 18.7. The highest BCUT2D eigenvalue weighted by Gasteiger charge is 2.13. The van der Waals surface area contributed by atoms with Crippen LogP contribution in [0.3, 0.4) is 0 Å². The van der Waals surface area contributed by atoms with Crippen LogP contribution in [0.1, 0.15) is 23.7 Å². The van der Waals surface area contributed by atoms with Crippen LogP contribution in [0.5, 0.6) is 0 Å². The Morgan fingerprint density at radius 1 is 1.32 bits per heavy atom. The van der Waals surface area contributed by atoms with Gasteiger partial charge in [0.15, 0.2) is 0 Å². The fourth-order valence-electron chi connectivity index (χ4n) is 1.99. The van der Waals surface area contributed by atoms with Crippen LogP contribution in [0.4, 0.5) is 5.95 Å². The second kappa shape index (κ2) is 7.20. The van der Waals surface area contributed by atoms with Gasteiger partial charge in [-0.15, -0.1) is 0 Å². The Hall–Kier alpha value is -2.18. The molecule has 1 heterocycles. The minimum atomic E-state index is -0.990. The average molecular weight is 322 g/mol. The van der Waals surface area contributed by atoms with E-state index in [-0.39, 0.29) is 12.3 Å². The number of carboxylic acids is 1. The molecule has 0 aliphatic heterocycles. The minimum absolute atomic E-state index is 0.188. The number of hydrogen-bond acceptors (Lipinski definition) is 5. The predicted octanol–water partition coefficient (Wildman–Crippen LogP) is 2.66. The lowest BCUT2D eigenvalue weighted by molar-refractivity contribution is 0.0697. The van der Waals surface area contributed by atoms with Crippen LogP contribution in [0.2, 0.25) is 5.02 Å². The first kappa shape index (κ1) is 16.2. The Bertz CT molecular complexity index is 662. The van der Waals surface area contributed by atoms with Crippen LogP contribution < -0.4 is 4.90 Å². The third kappa shape index (κ3) is 3.52. The van der Waals surface area contributed by atoms with E-state index in [1.165, 1.54) is 18.3 Å². The molecule has 6 nitrogen and oxygen atoms in total. The normalized spacial score (nSPS) is 10.5. The first-order valence-corrected chi connectivity index (χ1v) is 7.16. The highest BCUT2D eigenvalue weighted by atomic mass is 35.5. The van der Waals surface area contributed by atoms with E-state index in [0.717, 1.165) is 6.42 Å². The van der Waals surface area contributed by atoms with Gasteiger partial charge in [0.1, 0.15) is 6.73 Å². The third-order valence-electron chi connectivity index (χ3n) is 3.08. The van der Waals surface area contributed by atoms with Crippen molar-refractivity contribution in [3.8, 4) is 11.3 Å². The predicted molar refractivity (Wildman–Crippen MR) is 84.2 cm³/mol. The maximum atomic E-state index is 10.9. The van der Waals surface area contributed by atoms with E-state index < -0.39 is 5.97 Å². The fraction of sp³-hybridized carbons (Fsp3) is 0.267. The summed E-state index contributed by atoms with van der Waals surface area (Å²) in [6, 6.07) is 6.27. The summed E-state index contributed by atoms with van der Waals surface area (Å²) in [5.41, 5.74) is 1.38. The van der Waals surface area contributed by atoms with Gasteiger partial charge in [-0.05, 0) is 18.6 Å². The van der Waals surface area contributed by atoms with Crippen LogP contribution >= 0.6 is 11.6 Å². The van der Waals surface area contributed by atoms with E-state index >= 15 is 0 Å². The zero-order chi connectivity index (χ0) is 16.1. The number of carboxylic acid groups (broad SMARTS) is 1. The lowest BCUT2D eigenvalue weighted by Gasteiger charge is -2.19. The Morgan fingerprint density at radius 3 is 2.55 bits per heavy atom. The van der Waals surface area contributed by atoms with E-state index in [0.29, 0.717) is 28.8 Å². The SMILES string of the molecule is CCCN(CO)c1ncc(Cl)c(-c2ccc(C(=O)O)cc2)n1. The Morgan fingerprint density at radius 2 is 2.00 bits per heavy atom. The molecule has 22 heavy (non-hydrogen) atoms. The summed E-state index contributed by atoms with van der Waals surface area (Å²) in [7, 11) is 0. The number of nitrogens with zero attached hydrogens (tertiary/aromatic N) is 3. The van der Waals surface area contributed by atoms with Gasteiger partial charge in [0.25, 0.3) is 0 Å². The van der Waals surface area contributed by atoms with Crippen molar-refractivity contribution >= 4 is 23.5 Å². The molecule has 0 atom stereocenters. The molecule has 0 bridgehead atoms. The standard InChI is InChI=1S/C15H16ClN3O3/c1-2-7-19(9-20)15-17-8-12(16)13(18-15)10-3-5-11(6-4-10)14(21)22/h3-6,8,20H,2,7,9H2,1H3,(H,21,22). The molecule has 1 aromatic carbocycles. The molecule has 2 aromatic rings. The molecule has 0 amide bonds. The zero-order valence-electron chi connectivity index (χ0n) is 12.0. The highest BCUT2D eigenvalue weighted by Crippen LogP contribution is 2.27. The monoisotopic (exact) mass is 321 g/mol. The molecular formula is C15H16ClN3O3. The summed E-state index contributed by atoms with van der Waals surface area (Å²) >= 11 is 6.14. The molecule has 0 saturated heterocycles. The molecule has 1 aromatic heterocycles. The molecule has 2 rings (SSSR count). The number of aliphatic hydroxyl groups excluding tert-OH is 1. The first-order valence-electron chi connectivity index (χ1n) is 6.79. The molecule has 0 saturated carbocycles. The summed E-state index contributed by atoms with van der Waals surface area (Å²) in [6.45, 7) is 2.42. The molecule has 0 radical (unpaired) electrons. The molecular weight excluding hydrogens is 306 g/mol. The number of rotatable bonds is 6. The topological polar surface area (TPSA) is 86.5 Å². The van der Waals surface area contributed by atoms with Gasteiger partial charge in [-0.3, -0.25) is 0 Å². The maximum Gasteiger partial charge on any atom is 0.335 e. The molecule has 0 aliphatic carbocycles. The maximum absolute atomic E-state index is 10.9. The molecule has 116 valence electrons. The zero-order valence-corrected chi connectivity index (χ0v) is 12.8. The van der Waals surface area contributed by atoms with Gasteiger partial charge in [0, 0.05) is 12.1 Å². The molecule has 7 heteroatoms. The molecule has 0 unspecified atom stereocenters. The van der Waals surface area contributed by atoms with Gasteiger partial charge in [0.05, 0.1) is 22.5 Å². The average Bonchev–Trinajstić information content (AvgIpc) is 2.53. The van der Waals surface area contributed by atoms with Gasteiger partial charge in [-0.25, -0.2) is 14.8 Å². The van der Waals surface area contributed by atoms with Crippen LogP contribution in [0.25, 0.3) is 11.3 Å². The second-order valence-corrected chi connectivity index (χ2v) is 5.06. The molecule has 0 aliphatic rings. The van der Waals surface area contributed by atoms with Gasteiger partial charge >= 0.3 is 5.97 Å². The van der Waals surface area contributed by atoms with E-state index in [1.54, 1.807) is 17.0 Å². The van der Waals surface area contributed by atoms with Crippen molar-refractivity contribution in [3.63, 3.8) is 0 Å². The Kier molecular flexibility index (Phi) is 5.30. The summed E-state index contributed by atoms with van der Waals surface area (Å²) in [6.07, 6.45) is 2.32. The van der Waals surface area contributed by atoms with Crippen LogP contribution in [0, 0.1) is 0 Å². The van der Waals surface area contributed by atoms with Crippen LogP contribution in [-0.4, -0.2) is 39.4 Å². The summed E-state index contributed by atoms with van der Waals surface area (Å²) in [4.78, 5) is 21.0. The van der Waals surface area contributed by atoms with Gasteiger partial charge < -0.3 is 15.1 Å². The van der Waals surface area contributed by atoms with E-state index in [2.05, 4.69) is 9.97 Å². The number of benzene rings is 1. The van der Waals surface area contributed by atoms with Crippen LogP contribution in [-0.2, 0) is 0 Å². The lowest BCUT2D eigenvalue weighted by atomic mass is 10.1. The third-order valence-corrected chi connectivity index (χ3v) is 3.36. The highest BCUT2D eigenvalue weighted by molar-refractivity contribution is 6.32. The minimum Gasteiger partial charge on any atom is -0.478 e. The van der Waals surface area contributed by atoms with Crippen molar-refractivity contribution in [1.29, 1.82) is 0 Å². The summed E-state index contributed by atoms with van der Waals surface area (Å²) in [5.74, 6) is -0.610. The van der Waals surface area contributed by atoms with Gasteiger partial charge in [0.2, 0.25) is 5.95 Å². The number of anilines is 1. The van der Waals surface area contributed by atoms with Gasteiger partial charge in [-0.2, -0.15) is 0 Å². The van der Waals surface area contributed by atoms with Crippen molar-refractivity contribution in [3.05, 3.63) is 41.0 Å².